The molecule has 2 aromatic carbocycles. The van der Waals surface area contributed by atoms with E-state index in [1.807, 2.05) is 70.2 Å². The normalized spacial score (nSPS) is 11.5. The third-order valence-corrected chi connectivity index (χ3v) is 4.36. The van der Waals surface area contributed by atoms with E-state index in [-0.39, 0.29) is 18.4 Å². The molecule has 0 aromatic heterocycles. The molecule has 0 fully saturated rings. The molecule has 2 N–H and O–H groups in total. The molecule has 0 heterocycles. The van der Waals surface area contributed by atoms with Gasteiger partial charge in [0.05, 0.1) is 6.10 Å². The van der Waals surface area contributed by atoms with Crippen LogP contribution in [-0.4, -0.2) is 29.2 Å². The van der Waals surface area contributed by atoms with Gasteiger partial charge in [-0.15, -0.1) is 0 Å². The zero-order valence-electron chi connectivity index (χ0n) is 17.3. The molecule has 1 unspecified atom stereocenters. The molecule has 5 nitrogen and oxygen atoms in total. The Morgan fingerprint density at radius 1 is 1.10 bits per heavy atom. The van der Waals surface area contributed by atoms with Crippen molar-refractivity contribution in [1.82, 2.24) is 5.32 Å². The minimum absolute atomic E-state index is 0.174. The van der Waals surface area contributed by atoms with E-state index >= 15 is 0 Å². The van der Waals surface area contributed by atoms with Gasteiger partial charge in [-0.3, -0.25) is 4.79 Å². The molecule has 152 valence electrons. The van der Waals surface area contributed by atoms with E-state index in [9.17, 15) is 14.7 Å². The second kappa shape index (κ2) is 10.4. The van der Waals surface area contributed by atoms with Gasteiger partial charge in [-0.2, -0.15) is 0 Å². The van der Waals surface area contributed by atoms with E-state index in [1.54, 1.807) is 0 Å². The van der Waals surface area contributed by atoms with Crippen LogP contribution in [-0.2, 0) is 27.3 Å². The van der Waals surface area contributed by atoms with Crippen LogP contribution in [0.4, 0.5) is 0 Å². The lowest BCUT2D eigenvalue weighted by molar-refractivity contribution is -0.153. The van der Waals surface area contributed by atoms with Crippen LogP contribution >= 0.6 is 0 Å². The number of aliphatic carboxylic acids is 1. The van der Waals surface area contributed by atoms with Gasteiger partial charge in [-0.25, -0.2) is 4.79 Å². The molecular formula is C24H27NO4. The van der Waals surface area contributed by atoms with Gasteiger partial charge in [0.25, 0.3) is 5.91 Å². The first-order valence-electron chi connectivity index (χ1n) is 9.57. The van der Waals surface area contributed by atoms with Crippen LogP contribution in [0.15, 0.2) is 42.5 Å². The van der Waals surface area contributed by atoms with Gasteiger partial charge in [0.2, 0.25) is 0 Å². The number of carboxylic acid groups (broad SMARTS) is 1. The molecule has 0 radical (unpaired) electrons. The van der Waals surface area contributed by atoms with Crippen LogP contribution in [0.2, 0.25) is 0 Å². The van der Waals surface area contributed by atoms with E-state index in [2.05, 4.69) is 17.2 Å². The largest absolute Gasteiger partial charge is 0.479 e. The number of hydrogen-bond acceptors (Lipinski definition) is 3. The van der Waals surface area contributed by atoms with E-state index in [0.717, 1.165) is 27.8 Å². The number of carbonyl (C=O) groups is 2. The average Bonchev–Trinajstić information content (AvgIpc) is 2.67. The van der Waals surface area contributed by atoms with Crippen LogP contribution < -0.4 is 5.32 Å². The lowest BCUT2D eigenvalue weighted by Gasteiger charge is -2.17. The van der Waals surface area contributed by atoms with Crippen LogP contribution in [0.1, 0.15) is 41.7 Å². The highest BCUT2D eigenvalue weighted by atomic mass is 16.5. The van der Waals surface area contributed by atoms with Crippen LogP contribution in [0, 0.1) is 25.7 Å². The highest BCUT2D eigenvalue weighted by molar-refractivity contribution is 5.94. The summed E-state index contributed by atoms with van der Waals surface area (Å²) in [6.07, 6.45) is -0.810. The standard InChI is InChI=1S/C24H27NO4/c1-16(2)29-22(24(27)28)14-20-10-7-18(4)21(13-20)15-25-23(26)12-11-19-8-5-17(3)6-9-19/h5-10,13,16,22H,14-15H2,1-4H3,(H,25,26)(H,27,28). The summed E-state index contributed by atoms with van der Waals surface area (Å²) in [5.74, 6) is 4.10. The maximum absolute atomic E-state index is 12.1. The maximum atomic E-state index is 12.1. The van der Waals surface area contributed by atoms with Gasteiger partial charge in [-0.05, 0) is 56.5 Å². The van der Waals surface area contributed by atoms with Crippen molar-refractivity contribution in [3.05, 3.63) is 70.3 Å². The fraction of sp³-hybridized carbons (Fsp3) is 0.333. The fourth-order valence-electron chi connectivity index (χ4n) is 2.76. The van der Waals surface area contributed by atoms with Gasteiger partial charge in [0.15, 0.2) is 6.10 Å². The number of ether oxygens (including phenoxy) is 1. The number of carbonyl (C=O) groups excluding carboxylic acids is 1. The van der Waals surface area contributed by atoms with Crippen molar-refractivity contribution < 1.29 is 19.4 Å². The summed E-state index contributed by atoms with van der Waals surface area (Å²) in [5, 5.41) is 12.2. The molecule has 1 amide bonds. The van der Waals surface area contributed by atoms with Gasteiger partial charge >= 0.3 is 5.97 Å². The topological polar surface area (TPSA) is 75.6 Å². The summed E-state index contributed by atoms with van der Waals surface area (Å²) in [6.45, 7) is 7.88. The molecule has 5 heteroatoms. The smallest absolute Gasteiger partial charge is 0.333 e. The molecule has 2 rings (SSSR count). The predicted molar refractivity (Wildman–Crippen MR) is 112 cm³/mol. The SMILES string of the molecule is Cc1ccc(C#CC(=O)NCc2cc(CC(OC(C)C)C(=O)O)ccc2C)cc1. The number of amides is 1. The van der Waals surface area contributed by atoms with Crippen molar-refractivity contribution in [2.24, 2.45) is 0 Å². The number of rotatable bonds is 7. The number of benzene rings is 2. The monoisotopic (exact) mass is 393 g/mol. The second-order valence-electron chi connectivity index (χ2n) is 7.28. The number of nitrogens with one attached hydrogen (secondary N) is 1. The van der Waals surface area contributed by atoms with Crippen molar-refractivity contribution in [2.45, 2.75) is 52.9 Å². The lowest BCUT2D eigenvalue weighted by atomic mass is 10.0. The number of hydrogen-bond donors (Lipinski definition) is 2. The molecule has 29 heavy (non-hydrogen) atoms. The second-order valence-corrected chi connectivity index (χ2v) is 7.28. The minimum atomic E-state index is -0.986. The van der Waals surface area contributed by atoms with E-state index in [1.165, 1.54) is 0 Å². The van der Waals surface area contributed by atoms with Gasteiger partial charge in [-0.1, -0.05) is 41.8 Å². The summed E-state index contributed by atoms with van der Waals surface area (Å²) >= 11 is 0. The van der Waals surface area contributed by atoms with Gasteiger partial charge < -0.3 is 15.2 Å². The maximum Gasteiger partial charge on any atom is 0.333 e. The van der Waals surface area contributed by atoms with Crippen LogP contribution in [0.3, 0.4) is 0 Å². The predicted octanol–water partition coefficient (Wildman–Crippen LogP) is 3.39. The average molecular weight is 393 g/mol. The van der Waals surface area contributed by atoms with E-state index in [4.69, 9.17) is 4.74 Å². The Labute approximate surface area is 172 Å². The molecule has 0 spiro atoms. The van der Waals surface area contributed by atoms with Crippen molar-refractivity contribution in [3.63, 3.8) is 0 Å². The highest BCUT2D eigenvalue weighted by Crippen LogP contribution is 2.15. The molecule has 0 aliphatic rings. The number of carboxylic acids is 1. The Balaban J connectivity index is 2.01. The lowest BCUT2D eigenvalue weighted by Crippen LogP contribution is -2.29. The molecule has 0 saturated carbocycles. The summed E-state index contributed by atoms with van der Waals surface area (Å²) < 4.78 is 5.48. The Morgan fingerprint density at radius 2 is 1.79 bits per heavy atom. The highest BCUT2D eigenvalue weighted by Gasteiger charge is 2.20. The van der Waals surface area contributed by atoms with E-state index in [0.29, 0.717) is 6.54 Å². The molecule has 2 aromatic rings. The third kappa shape index (κ3) is 7.44. The molecule has 0 aliphatic carbocycles. The zero-order chi connectivity index (χ0) is 21.4. The molecule has 0 saturated heterocycles. The molecule has 0 aliphatic heterocycles. The minimum Gasteiger partial charge on any atom is -0.479 e. The van der Waals surface area contributed by atoms with Gasteiger partial charge in [0.1, 0.15) is 0 Å². The summed E-state index contributed by atoms with van der Waals surface area (Å²) in [6, 6.07) is 13.4. The first kappa shape index (κ1) is 22.2. The first-order chi connectivity index (χ1) is 13.7. The Hall–Kier alpha value is -3.10. The molecule has 1 atom stereocenters. The third-order valence-electron chi connectivity index (χ3n) is 4.36. The summed E-state index contributed by atoms with van der Waals surface area (Å²) in [7, 11) is 0. The van der Waals surface area contributed by atoms with E-state index < -0.39 is 12.1 Å². The Bertz CT molecular complexity index is 920. The number of aryl methyl sites for hydroxylation is 2. The van der Waals surface area contributed by atoms with Crippen molar-refractivity contribution in [2.75, 3.05) is 0 Å². The fourth-order valence-corrected chi connectivity index (χ4v) is 2.76. The summed E-state index contributed by atoms with van der Waals surface area (Å²) in [5.41, 5.74) is 4.70. The summed E-state index contributed by atoms with van der Waals surface area (Å²) in [4.78, 5) is 23.5. The molecular weight excluding hydrogens is 366 g/mol. The van der Waals surface area contributed by atoms with Gasteiger partial charge in [0, 0.05) is 24.4 Å². The molecule has 0 bridgehead atoms. The van der Waals surface area contributed by atoms with Crippen LogP contribution in [0.25, 0.3) is 0 Å². The van der Waals surface area contributed by atoms with Crippen molar-refractivity contribution in [3.8, 4) is 11.8 Å². The zero-order valence-corrected chi connectivity index (χ0v) is 17.3. The first-order valence-corrected chi connectivity index (χ1v) is 9.57. The van der Waals surface area contributed by atoms with Crippen molar-refractivity contribution >= 4 is 11.9 Å². The van der Waals surface area contributed by atoms with Crippen molar-refractivity contribution in [1.29, 1.82) is 0 Å². The van der Waals surface area contributed by atoms with Crippen LogP contribution in [0.5, 0.6) is 0 Å². The Morgan fingerprint density at radius 3 is 2.41 bits per heavy atom. The quantitative estimate of drug-likeness (QED) is 0.707. The Kier molecular flexibility index (Phi) is 7.99.